The number of rotatable bonds is 4. The quantitative estimate of drug-likeness (QED) is 0.902. The standard InChI is InChI=1S/C13H18ClFN2O/c14-12-2-1-3-13(15)11(12)10-17-6-4-16(5-7-17)8-9-18/h1-3,18H,4-10H2. The fraction of sp³-hybridized carbons (Fsp3) is 0.538. The summed E-state index contributed by atoms with van der Waals surface area (Å²) in [6.45, 7) is 5.04. The molecule has 1 saturated heterocycles. The van der Waals surface area contributed by atoms with Crippen molar-refractivity contribution in [2.45, 2.75) is 6.54 Å². The summed E-state index contributed by atoms with van der Waals surface area (Å²) in [5.41, 5.74) is 0.578. The van der Waals surface area contributed by atoms with Crippen LogP contribution in [0.1, 0.15) is 5.56 Å². The summed E-state index contributed by atoms with van der Waals surface area (Å²) in [5.74, 6) is -0.236. The summed E-state index contributed by atoms with van der Waals surface area (Å²) in [5, 5.41) is 9.36. The van der Waals surface area contributed by atoms with Crippen molar-refractivity contribution in [3.63, 3.8) is 0 Å². The van der Waals surface area contributed by atoms with Crippen molar-refractivity contribution in [3.05, 3.63) is 34.6 Å². The van der Waals surface area contributed by atoms with Gasteiger partial charge in [-0.2, -0.15) is 0 Å². The number of β-amino-alcohol motifs (C(OH)–C–C–N with tert-alkyl or cyclic N) is 1. The molecule has 1 aliphatic rings. The molecule has 0 aliphatic carbocycles. The van der Waals surface area contributed by atoms with E-state index in [-0.39, 0.29) is 12.4 Å². The maximum Gasteiger partial charge on any atom is 0.129 e. The molecule has 0 unspecified atom stereocenters. The van der Waals surface area contributed by atoms with Crippen LogP contribution in [-0.2, 0) is 6.54 Å². The van der Waals surface area contributed by atoms with Crippen molar-refractivity contribution in [1.82, 2.24) is 9.80 Å². The fourth-order valence-corrected chi connectivity index (χ4v) is 2.44. The van der Waals surface area contributed by atoms with Gasteiger partial charge in [0.25, 0.3) is 0 Å². The van der Waals surface area contributed by atoms with Gasteiger partial charge in [0.05, 0.1) is 6.61 Å². The third-order valence-corrected chi connectivity index (χ3v) is 3.68. The summed E-state index contributed by atoms with van der Waals surface area (Å²) >= 11 is 6.02. The number of hydrogen-bond donors (Lipinski definition) is 1. The first kappa shape index (κ1) is 13.7. The minimum atomic E-state index is -0.236. The first-order valence-corrected chi connectivity index (χ1v) is 6.57. The zero-order valence-corrected chi connectivity index (χ0v) is 11.0. The minimum Gasteiger partial charge on any atom is -0.395 e. The second-order valence-electron chi connectivity index (χ2n) is 4.54. The van der Waals surface area contributed by atoms with Crippen molar-refractivity contribution in [2.24, 2.45) is 0 Å². The molecule has 0 radical (unpaired) electrons. The van der Waals surface area contributed by atoms with Crippen LogP contribution in [0.3, 0.4) is 0 Å². The molecule has 0 atom stereocenters. The van der Waals surface area contributed by atoms with E-state index < -0.39 is 0 Å². The molecule has 1 N–H and O–H groups in total. The Labute approximate surface area is 112 Å². The van der Waals surface area contributed by atoms with Crippen LogP contribution in [0.4, 0.5) is 4.39 Å². The van der Waals surface area contributed by atoms with Crippen molar-refractivity contribution >= 4 is 11.6 Å². The molecule has 2 rings (SSSR count). The third kappa shape index (κ3) is 3.42. The molecule has 0 amide bonds. The maximum atomic E-state index is 13.6. The second kappa shape index (κ2) is 6.48. The molecule has 18 heavy (non-hydrogen) atoms. The van der Waals surface area contributed by atoms with E-state index in [2.05, 4.69) is 9.80 Å². The maximum absolute atomic E-state index is 13.6. The number of halogens is 2. The Hall–Kier alpha value is -0.680. The molecule has 3 nitrogen and oxygen atoms in total. The number of aliphatic hydroxyl groups excluding tert-OH is 1. The van der Waals surface area contributed by atoms with Crippen LogP contribution in [0.25, 0.3) is 0 Å². The lowest BCUT2D eigenvalue weighted by molar-refractivity contribution is 0.108. The molecule has 1 fully saturated rings. The fourth-order valence-electron chi connectivity index (χ4n) is 2.22. The van der Waals surface area contributed by atoms with Gasteiger partial charge >= 0.3 is 0 Å². The average Bonchev–Trinajstić information content (AvgIpc) is 2.36. The molecule has 0 aromatic heterocycles. The number of hydrogen-bond acceptors (Lipinski definition) is 3. The van der Waals surface area contributed by atoms with Crippen LogP contribution in [-0.4, -0.2) is 54.2 Å². The lowest BCUT2D eigenvalue weighted by Gasteiger charge is -2.34. The second-order valence-corrected chi connectivity index (χ2v) is 4.95. The lowest BCUT2D eigenvalue weighted by atomic mass is 10.2. The monoisotopic (exact) mass is 272 g/mol. The zero-order chi connectivity index (χ0) is 13.0. The zero-order valence-electron chi connectivity index (χ0n) is 10.3. The molecule has 100 valence electrons. The van der Waals surface area contributed by atoms with E-state index in [9.17, 15) is 4.39 Å². The number of aliphatic hydroxyl groups is 1. The van der Waals surface area contributed by atoms with Gasteiger partial charge in [-0.15, -0.1) is 0 Å². The predicted molar refractivity (Wildman–Crippen MR) is 70.2 cm³/mol. The Kier molecular flexibility index (Phi) is 4.95. The Balaban J connectivity index is 1.92. The highest BCUT2D eigenvalue weighted by Crippen LogP contribution is 2.21. The molecule has 0 saturated carbocycles. The first-order valence-electron chi connectivity index (χ1n) is 6.19. The molecular weight excluding hydrogens is 255 g/mol. The normalized spacial score (nSPS) is 18.2. The van der Waals surface area contributed by atoms with Crippen molar-refractivity contribution in [3.8, 4) is 0 Å². The highest BCUT2D eigenvalue weighted by atomic mass is 35.5. The smallest absolute Gasteiger partial charge is 0.129 e. The Morgan fingerprint density at radius 2 is 1.83 bits per heavy atom. The van der Waals surface area contributed by atoms with Gasteiger partial charge in [-0.3, -0.25) is 9.80 Å². The van der Waals surface area contributed by atoms with E-state index in [4.69, 9.17) is 16.7 Å². The third-order valence-electron chi connectivity index (χ3n) is 3.32. The van der Waals surface area contributed by atoms with E-state index >= 15 is 0 Å². The number of nitrogens with zero attached hydrogens (tertiary/aromatic N) is 2. The van der Waals surface area contributed by atoms with E-state index in [1.165, 1.54) is 6.07 Å². The van der Waals surface area contributed by atoms with Gasteiger partial charge in [-0.05, 0) is 12.1 Å². The van der Waals surface area contributed by atoms with E-state index in [0.717, 1.165) is 26.2 Å². The molecule has 1 aromatic rings. The molecule has 1 aromatic carbocycles. The highest BCUT2D eigenvalue weighted by molar-refractivity contribution is 6.31. The number of benzene rings is 1. The first-order chi connectivity index (χ1) is 8.70. The Morgan fingerprint density at radius 1 is 1.17 bits per heavy atom. The summed E-state index contributed by atoms with van der Waals surface area (Å²) in [6, 6.07) is 4.80. The molecule has 1 aliphatic heterocycles. The van der Waals surface area contributed by atoms with Gasteiger partial charge < -0.3 is 5.11 Å². The Bertz CT molecular complexity index is 374. The predicted octanol–water partition coefficient (Wildman–Crippen LogP) is 1.59. The van der Waals surface area contributed by atoms with E-state index in [0.29, 0.717) is 23.7 Å². The molecule has 0 bridgehead atoms. The molecule has 0 spiro atoms. The van der Waals surface area contributed by atoms with Gasteiger partial charge in [0.15, 0.2) is 0 Å². The summed E-state index contributed by atoms with van der Waals surface area (Å²) in [7, 11) is 0. The van der Waals surface area contributed by atoms with Crippen LogP contribution in [0.15, 0.2) is 18.2 Å². The lowest BCUT2D eigenvalue weighted by Crippen LogP contribution is -2.46. The van der Waals surface area contributed by atoms with Crippen LogP contribution < -0.4 is 0 Å². The van der Waals surface area contributed by atoms with Crippen molar-refractivity contribution in [2.75, 3.05) is 39.3 Å². The van der Waals surface area contributed by atoms with Crippen molar-refractivity contribution < 1.29 is 9.50 Å². The largest absolute Gasteiger partial charge is 0.395 e. The molecule has 1 heterocycles. The summed E-state index contributed by atoms with van der Waals surface area (Å²) < 4.78 is 13.6. The van der Waals surface area contributed by atoms with E-state index in [1.807, 2.05) is 0 Å². The van der Waals surface area contributed by atoms with Crippen LogP contribution in [0.2, 0.25) is 5.02 Å². The number of piperazine rings is 1. The minimum absolute atomic E-state index is 0.194. The Morgan fingerprint density at radius 3 is 2.44 bits per heavy atom. The van der Waals surface area contributed by atoms with Gasteiger partial charge in [0.1, 0.15) is 5.82 Å². The van der Waals surface area contributed by atoms with Gasteiger partial charge in [0, 0.05) is 49.9 Å². The van der Waals surface area contributed by atoms with Gasteiger partial charge in [-0.25, -0.2) is 4.39 Å². The molecule has 5 heteroatoms. The summed E-state index contributed by atoms with van der Waals surface area (Å²) in [6.07, 6.45) is 0. The van der Waals surface area contributed by atoms with Gasteiger partial charge in [-0.1, -0.05) is 17.7 Å². The highest BCUT2D eigenvalue weighted by Gasteiger charge is 2.18. The van der Waals surface area contributed by atoms with Crippen LogP contribution >= 0.6 is 11.6 Å². The van der Waals surface area contributed by atoms with Crippen LogP contribution in [0, 0.1) is 5.82 Å². The topological polar surface area (TPSA) is 26.7 Å². The van der Waals surface area contributed by atoms with Crippen molar-refractivity contribution in [1.29, 1.82) is 0 Å². The van der Waals surface area contributed by atoms with Crippen LogP contribution in [0.5, 0.6) is 0 Å². The molecular formula is C13H18ClFN2O. The average molecular weight is 273 g/mol. The SMILES string of the molecule is OCCN1CCN(Cc2c(F)cccc2Cl)CC1. The van der Waals surface area contributed by atoms with E-state index in [1.54, 1.807) is 12.1 Å². The van der Waals surface area contributed by atoms with Gasteiger partial charge in [0.2, 0.25) is 0 Å². The summed E-state index contributed by atoms with van der Waals surface area (Å²) in [4.78, 5) is 4.40.